The lowest BCUT2D eigenvalue weighted by Crippen LogP contribution is -2.36. The van der Waals surface area contributed by atoms with Crippen LogP contribution in [0.5, 0.6) is 5.75 Å². The number of aromatic hydroxyl groups is 1. The molecule has 6 nitrogen and oxygen atoms in total. The van der Waals surface area contributed by atoms with Crippen LogP contribution in [-0.4, -0.2) is 39.9 Å². The van der Waals surface area contributed by atoms with E-state index < -0.39 is 0 Å². The minimum Gasteiger partial charge on any atom is -0.507 e. The van der Waals surface area contributed by atoms with E-state index in [-0.39, 0.29) is 17.7 Å². The summed E-state index contributed by atoms with van der Waals surface area (Å²) in [4.78, 5) is 14.8. The zero-order valence-electron chi connectivity index (χ0n) is 11.1. The maximum atomic E-state index is 12.0. The number of anilines is 1. The van der Waals surface area contributed by atoms with Crippen LogP contribution in [0.4, 0.5) is 5.69 Å². The predicted molar refractivity (Wildman–Crippen MR) is 77.3 cm³/mol. The van der Waals surface area contributed by atoms with Gasteiger partial charge in [0.25, 0.3) is 5.91 Å². The fourth-order valence-electron chi connectivity index (χ4n) is 2.39. The largest absolute Gasteiger partial charge is 0.507 e. The molecule has 1 aliphatic heterocycles. The maximum absolute atomic E-state index is 12.0. The smallest absolute Gasteiger partial charge is 0.261 e. The molecule has 1 amide bonds. The lowest BCUT2D eigenvalue weighted by atomic mass is 10.2. The number of thiophene rings is 1. The van der Waals surface area contributed by atoms with Gasteiger partial charge in [0.15, 0.2) is 0 Å². The van der Waals surface area contributed by atoms with Gasteiger partial charge in [-0.25, -0.2) is 0 Å². The summed E-state index contributed by atoms with van der Waals surface area (Å²) in [6.07, 6.45) is 4.72. The number of carbonyl (C=O) groups is 1. The Morgan fingerprint density at radius 2 is 2.45 bits per heavy atom. The Bertz CT molecular complexity index is 621. The first kappa shape index (κ1) is 13.0. The van der Waals surface area contributed by atoms with Crippen molar-refractivity contribution in [2.75, 3.05) is 18.0 Å². The number of amides is 1. The second kappa shape index (κ2) is 5.16. The van der Waals surface area contributed by atoms with Crippen molar-refractivity contribution in [1.29, 1.82) is 0 Å². The first-order chi connectivity index (χ1) is 9.61. The zero-order valence-corrected chi connectivity index (χ0v) is 11.9. The Labute approximate surface area is 120 Å². The minimum atomic E-state index is -0.117. The number of aromatic nitrogens is 2. The van der Waals surface area contributed by atoms with Gasteiger partial charge < -0.3 is 15.3 Å². The van der Waals surface area contributed by atoms with Crippen molar-refractivity contribution < 1.29 is 9.90 Å². The number of aryl methyl sites for hydroxylation is 1. The summed E-state index contributed by atoms with van der Waals surface area (Å²) in [6.45, 7) is 1.70. The van der Waals surface area contributed by atoms with Crippen LogP contribution in [-0.2, 0) is 7.05 Å². The molecule has 0 aromatic carbocycles. The van der Waals surface area contributed by atoms with E-state index in [1.54, 1.807) is 10.1 Å². The fraction of sp³-hybridized carbons (Fsp3) is 0.385. The summed E-state index contributed by atoms with van der Waals surface area (Å²) in [5, 5.41) is 18.0. The average molecular weight is 292 g/mol. The number of rotatable bonds is 3. The molecule has 1 unspecified atom stereocenters. The van der Waals surface area contributed by atoms with Crippen molar-refractivity contribution in [2.24, 2.45) is 7.05 Å². The third-order valence-electron chi connectivity index (χ3n) is 3.39. The Hall–Kier alpha value is -2.02. The second-order valence-corrected chi connectivity index (χ2v) is 5.86. The Morgan fingerprint density at radius 1 is 1.60 bits per heavy atom. The van der Waals surface area contributed by atoms with Crippen molar-refractivity contribution in [3.8, 4) is 5.75 Å². The summed E-state index contributed by atoms with van der Waals surface area (Å²) < 4.78 is 1.77. The molecule has 0 aliphatic carbocycles. The quantitative estimate of drug-likeness (QED) is 0.891. The van der Waals surface area contributed by atoms with Gasteiger partial charge in [-0.3, -0.25) is 9.48 Å². The molecule has 0 saturated carbocycles. The lowest BCUT2D eigenvalue weighted by molar-refractivity contribution is 0.0944. The number of nitrogens with zero attached hydrogens (tertiary/aromatic N) is 3. The molecule has 1 atom stereocenters. The van der Waals surface area contributed by atoms with Gasteiger partial charge in [-0.15, -0.1) is 11.3 Å². The third kappa shape index (κ3) is 2.62. The molecule has 106 valence electrons. The Balaban J connectivity index is 1.59. The Morgan fingerprint density at radius 3 is 3.10 bits per heavy atom. The summed E-state index contributed by atoms with van der Waals surface area (Å²) in [6, 6.07) is 1.63. The van der Waals surface area contributed by atoms with Crippen molar-refractivity contribution >= 4 is 22.9 Å². The summed E-state index contributed by atoms with van der Waals surface area (Å²) in [5.74, 6) is 0.0249. The molecule has 3 heterocycles. The number of nitrogens with one attached hydrogen (secondary N) is 1. The van der Waals surface area contributed by atoms with Gasteiger partial charge in [0.1, 0.15) is 5.75 Å². The zero-order chi connectivity index (χ0) is 14.1. The highest BCUT2D eigenvalue weighted by molar-refractivity contribution is 7.12. The van der Waals surface area contributed by atoms with Crippen LogP contribution in [0.1, 0.15) is 16.1 Å². The topological polar surface area (TPSA) is 70.4 Å². The van der Waals surface area contributed by atoms with Gasteiger partial charge in [0, 0.05) is 43.8 Å². The highest BCUT2D eigenvalue weighted by Gasteiger charge is 2.25. The molecule has 1 saturated heterocycles. The normalized spacial score (nSPS) is 18.4. The van der Waals surface area contributed by atoms with Crippen molar-refractivity contribution in [2.45, 2.75) is 12.5 Å². The van der Waals surface area contributed by atoms with Crippen LogP contribution in [0.3, 0.4) is 0 Å². The molecule has 2 N–H and O–H groups in total. The van der Waals surface area contributed by atoms with Gasteiger partial charge in [-0.1, -0.05) is 0 Å². The van der Waals surface area contributed by atoms with Gasteiger partial charge in [0.05, 0.1) is 16.8 Å². The predicted octanol–water partition coefficient (Wildman–Crippen LogP) is 1.20. The van der Waals surface area contributed by atoms with E-state index in [1.165, 1.54) is 17.4 Å². The SMILES string of the molecule is Cn1cc(N2CCC(NC(=O)c3cc(O)cs3)C2)cn1. The van der Waals surface area contributed by atoms with Crippen molar-refractivity contribution in [3.63, 3.8) is 0 Å². The monoisotopic (exact) mass is 292 g/mol. The summed E-state index contributed by atoms with van der Waals surface area (Å²) in [5.41, 5.74) is 1.08. The molecule has 3 rings (SSSR count). The molecule has 0 radical (unpaired) electrons. The summed E-state index contributed by atoms with van der Waals surface area (Å²) in [7, 11) is 1.89. The molecule has 2 aromatic rings. The molecule has 20 heavy (non-hydrogen) atoms. The maximum Gasteiger partial charge on any atom is 0.261 e. The van der Waals surface area contributed by atoms with E-state index in [9.17, 15) is 9.90 Å². The molecule has 1 fully saturated rings. The molecule has 1 aliphatic rings. The van der Waals surface area contributed by atoms with E-state index in [4.69, 9.17) is 0 Å². The van der Waals surface area contributed by atoms with Crippen LogP contribution in [0.25, 0.3) is 0 Å². The van der Waals surface area contributed by atoms with Gasteiger partial charge in [-0.2, -0.15) is 5.10 Å². The minimum absolute atomic E-state index is 0.117. The number of hydrogen-bond acceptors (Lipinski definition) is 5. The molecule has 0 spiro atoms. The van der Waals surface area contributed by atoms with Crippen LogP contribution in [0, 0.1) is 0 Å². The van der Waals surface area contributed by atoms with Crippen LogP contribution in [0.2, 0.25) is 0 Å². The summed E-state index contributed by atoms with van der Waals surface area (Å²) >= 11 is 1.25. The van der Waals surface area contributed by atoms with E-state index in [0.717, 1.165) is 25.2 Å². The first-order valence-electron chi connectivity index (χ1n) is 6.44. The average Bonchev–Trinajstić information content (AvgIpc) is 3.10. The standard InChI is InChI=1S/C13H16N4O2S/c1-16-7-10(5-14-16)17-3-2-9(6-17)15-13(19)12-4-11(18)8-20-12/h4-5,7-9,18H,2-3,6H2,1H3,(H,15,19). The number of hydrogen-bond donors (Lipinski definition) is 2. The molecule has 2 aromatic heterocycles. The first-order valence-corrected chi connectivity index (χ1v) is 7.32. The highest BCUT2D eigenvalue weighted by atomic mass is 32.1. The van der Waals surface area contributed by atoms with Crippen LogP contribution >= 0.6 is 11.3 Å². The van der Waals surface area contributed by atoms with Crippen molar-refractivity contribution in [1.82, 2.24) is 15.1 Å². The molecule has 7 heteroatoms. The second-order valence-electron chi connectivity index (χ2n) is 4.95. The van der Waals surface area contributed by atoms with Crippen molar-refractivity contribution in [3.05, 3.63) is 28.7 Å². The van der Waals surface area contributed by atoms with Gasteiger partial charge >= 0.3 is 0 Å². The lowest BCUT2D eigenvalue weighted by Gasteiger charge is -2.16. The number of carbonyl (C=O) groups excluding carboxylic acids is 1. The molecular formula is C13H16N4O2S. The molecular weight excluding hydrogens is 276 g/mol. The van der Waals surface area contributed by atoms with Crippen LogP contribution < -0.4 is 10.2 Å². The van der Waals surface area contributed by atoms with E-state index in [2.05, 4.69) is 15.3 Å². The van der Waals surface area contributed by atoms with Gasteiger partial charge in [-0.05, 0) is 6.42 Å². The van der Waals surface area contributed by atoms with Crippen LogP contribution in [0.15, 0.2) is 23.8 Å². The van der Waals surface area contributed by atoms with E-state index >= 15 is 0 Å². The molecule has 0 bridgehead atoms. The van der Waals surface area contributed by atoms with E-state index in [0.29, 0.717) is 4.88 Å². The highest BCUT2D eigenvalue weighted by Crippen LogP contribution is 2.22. The van der Waals surface area contributed by atoms with E-state index in [1.807, 2.05) is 19.4 Å². The van der Waals surface area contributed by atoms with Gasteiger partial charge in [0.2, 0.25) is 0 Å². The third-order valence-corrected chi connectivity index (χ3v) is 4.31. The fourth-order valence-corrected chi connectivity index (χ4v) is 3.06. The Kier molecular flexibility index (Phi) is 3.35.